The maximum atomic E-state index is 12.4. The van der Waals surface area contributed by atoms with E-state index in [1.165, 1.54) is 6.20 Å². The molecule has 0 bridgehead atoms. The summed E-state index contributed by atoms with van der Waals surface area (Å²) in [7, 11) is 1.55. The number of Topliss-reactive ketones (excluding diaryl/α,β-unsaturated/α-hetero) is 2. The second-order valence-corrected chi connectivity index (χ2v) is 5.66. The minimum atomic E-state index is -0.701. The van der Waals surface area contributed by atoms with E-state index < -0.39 is 11.8 Å². The molecule has 0 amide bonds. The van der Waals surface area contributed by atoms with Crippen LogP contribution >= 0.6 is 0 Å². The van der Waals surface area contributed by atoms with Gasteiger partial charge in [0.1, 0.15) is 11.3 Å². The van der Waals surface area contributed by atoms with Crippen LogP contribution in [0.2, 0.25) is 0 Å². The van der Waals surface area contributed by atoms with E-state index in [2.05, 4.69) is 5.32 Å². The lowest BCUT2D eigenvalue weighted by Gasteiger charge is -2.16. The lowest BCUT2D eigenvalue weighted by Crippen LogP contribution is -2.25. The fraction of sp³-hybridized carbons (Fsp3) is 0.150. The van der Waals surface area contributed by atoms with Gasteiger partial charge in [-0.2, -0.15) is 0 Å². The van der Waals surface area contributed by atoms with E-state index >= 15 is 0 Å². The van der Waals surface area contributed by atoms with Gasteiger partial charge in [-0.3, -0.25) is 9.59 Å². The van der Waals surface area contributed by atoms with Crippen molar-refractivity contribution in [2.24, 2.45) is 0 Å². The van der Waals surface area contributed by atoms with Crippen molar-refractivity contribution in [1.82, 2.24) is 0 Å². The van der Waals surface area contributed by atoms with Crippen molar-refractivity contribution in [2.75, 3.05) is 19.0 Å². The quantitative estimate of drug-likeness (QED) is 0.283. The molecule has 0 saturated heterocycles. The Morgan fingerprint density at radius 1 is 1.12 bits per heavy atom. The van der Waals surface area contributed by atoms with Crippen molar-refractivity contribution in [1.29, 1.82) is 0 Å². The third-order valence-electron chi connectivity index (χ3n) is 3.92. The lowest BCUT2D eigenvalue weighted by molar-refractivity contribution is -0.130. The summed E-state index contributed by atoms with van der Waals surface area (Å²) in [6, 6.07) is 13.3. The highest BCUT2D eigenvalue weighted by Gasteiger charge is 2.30. The predicted octanol–water partition coefficient (Wildman–Crippen LogP) is 3.00. The molecule has 0 saturated carbocycles. The van der Waals surface area contributed by atoms with Gasteiger partial charge in [-0.05, 0) is 36.4 Å². The molecule has 0 fully saturated rings. The van der Waals surface area contributed by atoms with Gasteiger partial charge < -0.3 is 14.8 Å². The number of ether oxygens (including phenoxy) is 2. The number of carbonyl (C=O) groups is 3. The van der Waals surface area contributed by atoms with Gasteiger partial charge in [0, 0.05) is 31.0 Å². The van der Waals surface area contributed by atoms with Crippen molar-refractivity contribution in [2.45, 2.75) is 6.42 Å². The molecule has 1 N–H and O–H groups in total. The van der Waals surface area contributed by atoms with Gasteiger partial charge in [0.05, 0.1) is 12.2 Å². The average Bonchev–Trinajstić information content (AvgIpc) is 2.66. The van der Waals surface area contributed by atoms with E-state index in [1.54, 1.807) is 55.6 Å². The van der Waals surface area contributed by atoms with E-state index in [4.69, 9.17) is 9.47 Å². The summed E-state index contributed by atoms with van der Waals surface area (Å²) in [4.78, 5) is 36.4. The summed E-state index contributed by atoms with van der Waals surface area (Å²) < 4.78 is 10.1. The van der Waals surface area contributed by atoms with Crippen LogP contribution in [0.25, 0.3) is 0 Å². The molecule has 1 aliphatic heterocycles. The SMILES string of the molecule is COCCC(=O)c1ccc(NC=C2C(=O)Oc3ccccc3C2=O)cc1. The number of carbonyl (C=O) groups excluding carboxylic acids is 3. The minimum absolute atomic E-state index is 0.0144. The third kappa shape index (κ3) is 3.70. The van der Waals surface area contributed by atoms with Crippen molar-refractivity contribution in [3.05, 3.63) is 71.4 Å². The summed E-state index contributed by atoms with van der Waals surface area (Å²) in [5.41, 5.74) is 1.48. The topological polar surface area (TPSA) is 81.7 Å². The summed E-state index contributed by atoms with van der Waals surface area (Å²) in [6.07, 6.45) is 1.63. The van der Waals surface area contributed by atoms with Gasteiger partial charge in [-0.1, -0.05) is 12.1 Å². The van der Waals surface area contributed by atoms with Crippen LogP contribution in [-0.2, 0) is 9.53 Å². The molecule has 2 aromatic carbocycles. The van der Waals surface area contributed by atoms with Crippen LogP contribution in [-0.4, -0.2) is 31.3 Å². The number of benzene rings is 2. The van der Waals surface area contributed by atoms with Gasteiger partial charge in [0.2, 0.25) is 5.78 Å². The van der Waals surface area contributed by atoms with Crippen molar-refractivity contribution >= 4 is 23.2 Å². The van der Waals surface area contributed by atoms with E-state index in [9.17, 15) is 14.4 Å². The number of ketones is 2. The first-order chi connectivity index (χ1) is 12.6. The number of methoxy groups -OCH3 is 1. The molecule has 6 heteroatoms. The molecule has 0 radical (unpaired) electrons. The first-order valence-electron chi connectivity index (χ1n) is 8.05. The fourth-order valence-electron chi connectivity index (χ4n) is 2.51. The van der Waals surface area contributed by atoms with E-state index in [0.29, 0.717) is 29.8 Å². The number of fused-ring (bicyclic) bond motifs is 1. The zero-order chi connectivity index (χ0) is 18.5. The van der Waals surface area contributed by atoms with Crippen molar-refractivity contribution in [3.63, 3.8) is 0 Å². The summed E-state index contributed by atoms with van der Waals surface area (Å²) in [6.45, 7) is 0.372. The monoisotopic (exact) mass is 351 g/mol. The molecule has 1 aliphatic rings. The normalized spacial score (nSPS) is 14.7. The van der Waals surface area contributed by atoms with Crippen LogP contribution in [0, 0.1) is 0 Å². The molecule has 0 atom stereocenters. The Morgan fingerprint density at radius 2 is 1.85 bits per heavy atom. The Hall–Kier alpha value is -3.25. The average molecular weight is 351 g/mol. The molecular weight excluding hydrogens is 334 g/mol. The van der Waals surface area contributed by atoms with E-state index in [0.717, 1.165) is 0 Å². The highest BCUT2D eigenvalue weighted by Crippen LogP contribution is 2.27. The molecule has 132 valence electrons. The number of para-hydroxylation sites is 1. The van der Waals surface area contributed by atoms with Crippen LogP contribution in [0.15, 0.2) is 60.3 Å². The molecule has 0 spiro atoms. The highest BCUT2D eigenvalue weighted by atomic mass is 16.5. The molecule has 1 heterocycles. The van der Waals surface area contributed by atoms with Crippen LogP contribution < -0.4 is 10.1 Å². The van der Waals surface area contributed by atoms with Gasteiger partial charge in [0.15, 0.2) is 5.78 Å². The van der Waals surface area contributed by atoms with E-state index in [-0.39, 0.29) is 17.1 Å². The zero-order valence-corrected chi connectivity index (χ0v) is 14.2. The van der Waals surface area contributed by atoms with Crippen molar-refractivity contribution < 1.29 is 23.9 Å². The zero-order valence-electron chi connectivity index (χ0n) is 14.2. The maximum absolute atomic E-state index is 12.4. The third-order valence-corrected chi connectivity index (χ3v) is 3.92. The second kappa shape index (κ2) is 7.76. The Kier molecular flexibility index (Phi) is 5.24. The molecule has 2 aromatic rings. The van der Waals surface area contributed by atoms with Crippen LogP contribution in [0.4, 0.5) is 5.69 Å². The number of esters is 1. The van der Waals surface area contributed by atoms with Crippen LogP contribution in [0.3, 0.4) is 0 Å². The lowest BCUT2D eigenvalue weighted by atomic mass is 10.0. The molecule has 3 rings (SSSR count). The standard InChI is InChI=1S/C20H17NO5/c1-25-11-10-17(22)13-6-8-14(9-7-13)21-12-16-19(23)15-4-2-3-5-18(15)26-20(16)24/h2-9,12,21H,10-11H2,1H3. The van der Waals surface area contributed by atoms with Gasteiger partial charge in [-0.15, -0.1) is 0 Å². The Morgan fingerprint density at radius 3 is 2.58 bits per heavy atom. The molecule has 0 unspecified atom stereocenters. The predicted molar refractivity (Wildman–Crippen MR) is 95.4 cm³/mol. The van der Waals surface area contributed by atoms with Gasteiger partial charge in [0.25, 0.3) is 0 Å². The number of anilines is 1. The van der Waals surface area contributed by atoms with Gasteiger partial charge >= 0.3 is 5.97 Å². The van der Waals surface area contributed by atoms with Gasteiger partial charge in [-0.25, -0.2) is 4.79 Å². The number of nitrogens with one attached hydrogen (secondary N) is 1. The maximum Gasteiger partial charge on any atom is 0.349 e. The molecule has 0 aromatic heterocycles. The van der Waals surface area contributed by atoms with Crippen molar-refractivity contribution in [3.8, 4) is 5.75 Å². The Balaban J connectivity index is 1.73. The molecule has 0 aliphatic carbocycles. The van der Waals surface area contributed by atoms with Crippen LogP contribution in [0.1, 0.15) is 27.1 Å². The summed E-state index contributed by atoms with van der Waals surface area (Å²) >= 11 is 0. The first-order valence-corrected chi connectivity index (χ1v) is 8.05. The second-order valence-electron chi connectivity index (χ2n) is 5.66. The molecule has 26 heavy (non-hydrogen) atoms. The Labute approximate surface area is 150 Å². The van der Waals surface area contributed by atoms with Crippen LogP contribution in [0.5, 0.6) is 5.75 Å². The minimum Gasteiger partial charge on any atom is -0.422 e. The largest absolute Gasteiger partial charge is 0.422 e. The number of rotatable bonds is 6. The first kappa shape index (κ1) is 17.6. The highest BCUT2D eigenvalue weighted by molar-refractivity contribution is 6.27. The Bertz CT molecular complexity index is 883. The number of hydrogen-bond acceptors (Lipinski definition) is 6. The number of hydrogen-bond donors (Lipinski definition) is 1. The fourth-order valence-corrected chi connectivity index (χ4v) is 2.51. The summed E-state index contributed by atoms with van der Waals surface area (Å²) in [5.74, 6) is -0.846. The molecular formula is C20H17NO5. The summed E-state index contributed by atoms with van der Waals surface area (Å²) in [5, 5.41) is 2.90. The van der Waals surface area contributed by atoms with E-state index in [1.807, 2.05) is 0 Å². The molecule has 6 nitrogen and oxygen atoms in total. The smallest absolute Gasteiger partial charge is 0.349 e.